The van der Waals surface area contributed by atoms with Crippen LogP contribution in [0, 0.1) is 0 Å². The van der Waals surface area contributed by atoms with Gasteiger partial charge in [-0.2, -0.15) is 4.98 Å². The van der Waals surface area contributed by atoms with Gasteiger partial charge in [0.25, 0.3) is 5.89 Å². The van der Waals surface area contributed by atoms with Crippen LogP contribution in [-0.4, -0.2) is 10.1 Å². The Hall–Kier alpha value is -3.24. The van der Waals surface area contributed by atoms with Crippen molar-refractivity contribution >= 4 is 0 Å². The van der Waals surface area contributed by atoms with Gasteiger partial charge < -0.3 is 9.84 Å². The highest BCUT2D eigenvalue weighted by molar-refractivity contribution is 5.54. The zero-order valence-electron chi connectivity index (χ0n) is 16.0. The second-order valence-electron chi connectivity index (χ2n) is 6.80. The lowest BCUT2D eigenvalue weighted by Gasteiger charge is -2.15. The van der Waals surface area contributed by atoms with Crippen LogP contribution in [0.25, 0.3) is 11.4 Å². The highest BCUT2D eigenvalue weighted by atomic mass is 16.5. The van der Waals surface area contributed by atoms with Crippen LogP contribution in [0.2, 0.25) is 0 Å². The van der Waals surface area contributed by atoms with E-state index in [1.165, 1.54) is 16.7 Å². The third kappa shape index (κ3) is 4.18. The number of rotatable bonds is 7. The average molecular weight is 370 g/mol. The van der Waals surface area contributed by atoms with E-state index in [1.807, 2.05) is 24.3 Å². The Balaban J connectivity index is 1.51. The molecule has 2 N–H and O–H groups in total. The van der Waals surface area contributed by atoms with Gasteiger partial charge in [0.2, 0.25) is 5.82 Å². The van der Waals surface area contributed by atoms with Crippen LogP contribution >= 0.6 is 0 Å². The van der Waals surface area contributed by atoms with Gasteiger partial charge in [0, 0.05) is 16.7 Å². The quantitative estimate of drug-likeness (QED) is 0.532. The summed E-state index contributed by atoms with van der Waals surface area (Å²) in [6.45, 7) is 2.77. The lowest BCUT2D eigenvalue weighted by molar-refractivity contribution is -0.704. The Morgan fingerprint density at radius 2 is 1.43 bits per heavy atom. The van der Waals surface area contributed by atoms with E-state index in [0.717, 1.165) is 12.0 Å². The fourth-order valence-electron chi connectivity index (χ4n) is 3.35. The molecule has 0 spiro atoms. The summed E-state index contributed by atoms with van der Waals surface area (Å²) in [4.78, 5) is 4.59. The predicted octanol–water partition coefficient (Wildman–Crippen LogP) is 4.15. The maximum atomic E-state index is 5.51. The smallest absolute Gasteiger partial charge is 0.282 e. The number of aryl methyl sites for hydroxylation is 1. The molecule has 0 aliphatic carbocycles. The first-order valence-corrected chi connectivity index (χ1v) is 9.68. The Bertz CT molecular complexity index is 955. The van der Waals surface area contributed by atoms with Gasteiger partial charge in [0.15, 0.2) is 6.54 Å². The van der Waals surface area contributed by atoms with Crippen LogP contribution in [0.3, 0.4) is 0 Å². The van der Waals surface area contributed by atoms with E-state index in [1.54, 1.807) is 0 Å². The van der Waals surface area contributed by atoms with Gasteiger partial charge in [0.1, 0.15) is 6.04 Å². The first-order chi connectivity index (χ1) is 13.8. The molecular weight excluding hydrogens is 346 g/mol. The second-order valence-corrected chi connectivity index (χ2v) is 6.80. The van der Waals surface area contributed by atoms with Crippen LogP contribution in [0.1, 0.15) is 35.5 Å². The number of hydrogen-bond donors (Lipinski definition) is 1. The van der Waals surface area contributed by atoms with Crippen molar-refractivity contribution in [3.8, 4) is 11.4 Å². The highest BCUT2D eigenvalue weighted by Gasteiger charge is 2.19. The van der Waals surface area contributed by atoms with Crippen LogP contribution in [0.5, 0.6) is 0 Å². The average Bonchev–Trinajstić information content (AvgIpc) is 3.24. The molecule has 1 heterocycles. The van der Waals surface area contributed by atoms with Gasteiger partial charge in [-0.1, -0.05) is 97.0 Å². The number of hydrogen-bond acceptors (Lipinski definition) is 3. The molecule has 0 amide bonds. The van der Waals surface area contributed by atoms with Gasteiger partial charge in [-0.15, -0.1) is 0 Å². The Morgan fingerprint density at radius 3 is 2.00 bits per heavy atom. The van der Waals surface area contributed by atoms with Gasteiger partial charge >= 0.3 is 0 Å². The number of nitrogens with zero attached hydrogens (tertiary/aromatic N) is 2. The summed E-state index contributed by atoms with van der Waals surface area (Å²) in [5.41, 5.74) is 4.79. The molecule has 0 aliphatic heterocycles. The largest absolute Gasteiger partial charge is 0.333 e. The monoisotopic (exact) mass is 370 g/mol. The number of nitrogens with two attached hydrogens (primary N) is 1. The number of aromatic nitrogens is 2. The SMILES string of the molecule is CCc1ccc(-c2noc(C[NH2+]C(c3ccccc3)c3ccccc3)n2)cc1. The molecule has 0 bridgehead atoms. The Morgan fingerprint density at radius 1 is 0.821 bits per heavy atom. The van der Waals surface area contributed by atoms with Crippen molar-refractivity contribution in [2.45, 2.75) is 25.9 Å². The van der Waals surface area contributed by atoms with E-state index in [-0.39, 0.29) is 6.04 Å². The summed E-state index contributed by atoms with van der Waals surface area (Å²) in [5.74, 6) is 1.27. The van der Waals surface area contributed by atoms with Gasteiger partial charge in [-0.05, 0) is 12.0 Å². The van der Waals surface area contributed by atoms with E-state index in [9.17, 15) is 0 Å². The highest BCUT2D eigenvalue weighted by Crippen LogP contribution is 2.19. The first kappa shape index (κ1) is 18.1. The molecule has 0 radical (unpaired) electrons. The summed E-state index contributed by atoms with van der Waals surface area (Å²) in [5, 5.41) is 6.40. The minimum absolute atomic E-state index is 0.182. The Kier molecular flexibility index (Phi) is 5.59. The minimum atomic E-state index is 0.182. The molecule has 4 rings (SSSR count). The molecule has 0 fully saturated rings. The number of quaternary nitrogens is 1. The summed E-state index contributed by atoms with van der Waals surface area (Å²) in [6.07, 6.45) is 1.02. The van der Waals surface area contributed by atoms with Gasteiger partial charge in [-0.25, -0.2) is 0 Å². The summed E-state index contributed by atoms with van der Waals surface area (Å²) < 4.78 is 5.51. The minimum Gasteiger partial charge on any atom is -0.333 e. The molecule has 0 atom stereocenters. The zero-order valence-corrected chi connectivity index (χ0v) is 16.0. The fourth-order valence-corrected chi connectivity index (χ4v) is 3.35. The van der Waals surface area contributed by atoms with Crippen molar-refractivity contribution < 1.29 is 9.84 Å². The van der Waals surface area contributed by atoms with Crippen molar-refractivity contribution in [2.75, 3.05) is 0 Å². The molecule has 4 nitrogen and oxygen atoms in total. The van der Waals surface area contributed by atoms with E-state index < -0.39 is 0 Å². The lowest BCUT2D eigenvalue weighted by Crippen LogP contribution is -2.84. The van der Waals surface area contributed by atoms with Gasteiger partial charge in [-0.3, -0.25) is 0 Å². The van der Waals surface area contributed by atoms with Crippen molar-refractivity contribution in [3.05, 3.63) is 108 Å². The van der Waals surface area contributed by atoms with Crippen molar-refractivity contribution in [1.82, 2.24) is 10.1 Å². The lowest BCUT2D eigenvalue weighted by atomic mass is 9.99. The molecule has 4 heteroatoms. The molecular formula is C24H24N3O+. The van der Waals surface area contributed by atoms with Crippen molar-refractivity contribution in [3.63, 3.8) is 0 Å². The summed E-state index contributed by atoms with van der Waals surface area (Å²) in [7, 11) is 0. The summed E-state index contributed by atoms with van der Waals surface area (Å²) >= 11 is 0. The maximum absolute atomic E-state index is 5.51. The van der Waals surface area contributed by atoms with E-state index in [2.05, 4.69) is 83.0 Å². The molecule has 0 saturated carbocycles. The molecule has 0 aliphatic rings. The Labute approximate surface area is 165 Å². The van der Waals surface area contributed by atoms with Crippen molar-refractivity contribution in [1.29, 1.82) is 0 Å². The predicted molar refractivity (Wildman–Crippen MR) is 109 cm³/mol. The van der Waals surface area contributed by atoms with E-state index in [0.29, 0.717) is 18.3 Å². The second kappa shape index (κ2) is 8.63. The topological polar surface area (TPSA) is 55.5 Å². The van der Waals surface area contributed by atoms with Crippen LogP contribution in [0.4, 0.5) is 0 Å². The normalized spacial score (nSPS) is 11.1. The van der Waals surface area contributed by atoms with Crippen molar-refractivity contribution in [2.24, 2.45) is 0 Å². The van der Waals surface area contributed by atoms with E-state index in [4.69, 9.17) is 4.52 Å². The molecule has 4 aromatic rings. The third-order valence-corrected chi connectivity index (χ3v) is 4.93. The maximum Gasteiger partial charge on any atom is 0.282 e. The molecule has 1 aromatic heterocycles. The van der Waals surface area contributed by atoms with E-state index >= 15 is 0 Å². The van der Waals surface area contributed by atoms with Crippen LogP contribution in [0.15, 0.2) is 89.5 Å². The molecule has 0 saturated heterocycles. The zero-order chi connectivity index (χ0) is 19.2. The first-order valence-electron chi connectivity index (χ1n) is 9.68. The standard InChI is InChI=1S/C24H23N3O/c1-2-18-13-15-21(16-14-18)24-26-22(28-27-24)17-25-23(19-9-5-3-6-10-19)20-11-7-4-8-12-20/h3-16,23,25H,2,17H2,1H3/p+1. The summed E-state index contributed by atoms with van der Waals surface area (Å²) in [6, 6.07) is 29.5. The third-order valence-electron chi connectivity index (χ3n) is 4.93. The molecule has 140 valence electrons. The fraction of sp³-hybridized carbons (Fsp3) is 0.167. The van der Waals surface area contributed by atoms with Crippen LogP contribution < -0.4 is 5.32 Å². The molecule has 3 aromatic carbocycles. The number of benzene rings is 3. The van der Waals surface area contributed by atoms with Crippen LogP contribution in [-0.2, 0) is 13.0 Å². The molecule has 0 unspecified atom stereocenters. The molecule has 28 heavy (non-hydrogen) atoms. The van der Waals surface area contributed by atoms with Gasteiger partial charge in [0.05, 0.1) is 0 Å².